The monoisotopic (exact) mass is 567 g/mol. The van der Waals surface area contributed by atoms with Crippen LogP contribution in [0.15, 0.2) is 65.9 Å². The van der Waals surface area contributed by atoms with Crippen molar-refractivity contribution in [3.05, 3.63) is 89.3 Å². The van der Waals surface area contributed by atoms with Gasteiger partial charge in [0.1, 0.15) is 11.6 Å². The molecule has 0 radical (unpaired) electrons. The second-order valence-electron chi connectivity index (χ2n) is 7.17. The molecular weight excluding hydrogens is 536 g/mol. The molecule has 1 aromatic heterocycles. The number of rotatable bonds is 10. The Morgan fingerprint density at radius 3 is 2.69 bits per heavy atom. The first-order chi connectivity index (χ1) is 15.2. The highest BCUT2D eigenvalue weighted by atomic mass is 127. The van der Waals surface area contributed by atoms with Crippen molar-refractivity contribution in [2.45, 2.75) is 32.2 Å². The number of nitrogens with one attached hydrogen (secondary N) is 2. The molecule has 5 nitrogen and oxygen atoms in total. The second kappa shape index (κ2) is 14.2. The highest BCUT2D eigenvalue weighted by molar-refractivity contribution is 14.0. The predicted molar refractivity (Wildman–Crippen MR) is 143 cm³/mol. The number of aromatic nitrogens is 2. The maximum absolute atomic E-state index is 13.6. The highest BCUT2D eigenvalue weighted by Gasteiger charge is 2.07. The molecule has 2 aromatic carbocycles. The van der Waals surface area contributed by atoms with Crippen molar-refractivity contribution in [3.63, 3.8) is 0 Å². The van der Waals surface area contributed by atoms with Gasteiger partial charge in [-0.25, -0.2) is 14.4 Å². The van der Waals surface area contributed by atoms with E-state index in [4.69, 9.17) is 4.99 Å². The van der Waals surface area contributed by atoms with E-state index < -0.39 is 0 Å². The molecule has 8 heteroatoms. The average Bonchev–Trinajstić information content (AvgIpc) is 3.21. The van der Waals surface area contributed by atoms with Crippen molar-refractivity contribution in [3.8, 4) is 0 Å². The minimum absolute atomic E-state index is 0. The van der Waals surface area contributed by atoms with E-state index in [9.17, 15) is 4.39 Å². The molecule has 0 atom stereocenters. The van der Waals surface area contributed by atoms with Crippen LogP contribution in [-0.2, 0) is 25.3 Å². The Hall–Kier alpha value is -2.07. The third-order valence-electron chi connectivity index (χ3n) is 4.86. The van der Waals surface area contributed by atoms with Crippen LogP contribution in [0.2, 0.25) is 0 Å². The van der Waals surface area contributed by atoms with Crippen molar-refractivity contribution in [2.24, 2.45) is 4.99 Å². The fourth-order valence-electron chi connectivity index (χ4n) is 3.33. The number of hydrogen-bond donors (Lipinski definition) is 2. The van der Waals surface area contributed by atoms with Gasteiger partial charge >= 0.3 is 0 Å². The Morgan fingerprint density at radius 1 is 1.12 bits per heavy atom. The summed E-state index contributed by atoms with van der Waals surface area (Å²) in [7, 11) is 0. The van der Waals surface area contributed by atoms with Gasteiger partial charge in [0.15, 0.2) is 5.96 Å². The number of hydrogen-bond acceptors (Lipinski definition) is 3. The normalized spacial score (nSPS) is 11.2. The molecule has 0 unspecified atom stereocenters. The number of nitrogens with zero attached hydrogens (tertiary/aromatic N) is 3. The molecule has 3 rings (SSSR count). The molecule has 0 aliphatic carbocycles. The molecule has 172 valence electrons. The maximum Gasteiger partial charge on any atom is 0.191 e. The van der Waals surface area contributed by atoms with Crippen LogP contribution in [0.5, 0.6) is 0 Å². The topological polar surface area (TPSA) is 54.2 Å². The summed E-state index contributed by atoms with van der Waals surface area (Å²) in [5.74, 6) is 2.36. The summed E-state index contributed by atoms with van der Waals surface area (Å²) in [5.41, 5.74) is 3.30. The second-order valence-corrected chi connectivity index (χ2v) is 8.04. The fraction of sp³-hybridized carbons (Fsp3) is 0.333. The number of imidazole rings is 1. The Kier molecular flexibility index (Phi) is 11.6. The van der Waals surface area contributed by atoms with Crippen LogP contribution in [0.3, 0.4) is 0 Å². The highest BCUT2D eigenvalue weighted by Crippen LogP contribution is 2.17. The first-order valence-electron chi connectivity index (χ1n) is 10.5. The summed E-state index contributed by atoms with van der Waals surface area (Å²) in [6, 6.07) is 15.3. The van der Waals surface area contributed by atoms with Crippen molar-refractivity contribution < 1.29 is 4.39 Å². The third kappa shape index (κ3) is 8.12. The van der Waals surface area contributed by atoms with Crippen LogP contribution in [0.1, 0.15) is 29.4 Å². The lowest BCUT2D eigenvalue weighted by molar-refractivity contribution is 0.625. The summed E-state index contributed by atoms with van der Waals surface area (Å²) in [5, 5.41) is 6.67. The molecule has 3 aromatic rings. The van der Waals surface area contributed by atoms with Gasteiger partial charge in [0.05, 0.1) is 6.54 Å². The van der Waals surface area contributed by atoms with Gasteiger partial charge in [0.2, 0.25) is 0 Å². The van der Waals surface area contributed by atoms with E-state index in [2.05, 4.69) is 44.5 Å². The minimum atomic E-state index is -0.201. The van der Waals surface area contributed by atoms with Crippen LogP contribution in [-0.4, -0.2) is 34.9 Å². The zero-order valence-corrected chi connectivity index (χ0v) is 21.7. The maximum atomic E-state index is 13.6. The van der Waals surface area contributed by atoms with Crippen molar-refractivity contribution >= 4 is 41.7 Å². The van der Waals surface area contributed by atoms with Gasteiger partial charge in [0.25, 0.3) is 0 Å². The Labute approximate surface area is 211 Å². The molecule has 0 bridgehead atoms. The lowest BCUT2D eigenvalue weighted by atomic mass is 10.1. The average molecular weight is 568 g/mol. The third-order valence-corrected chi connectivity index (χ3v) is 5.46. The van der Waals surface area contributed by atoms with Gasteiger partial charge in [-0.1, -0.05) is 36.4 Å². The van der Waals surface area contributed by atoms with Gasteiger partial charge in [-0.2, -0.15) is 11.8 Å². The predicted octanol–water partition coefficient (Wildman–Crippen LogP) is 4.85. The Bertz CT molecular complexity index is 978. The number of halogens is 2. The van der Waals surface area contributed by atoms with Gasteiger partial charge in [-0.15, -0.1) is 24.0 Å². The molecule has 0 aliphatic heterocycles. The van der Waals surface area contributed by atoms with E-state index in [0.717, 1.165) is 54.7 Å². The summed E-state index contributed by atoms with van der Waals surface area (Å²) < 4.78 is 15.8. The number of guanidine groups is 1. The van der Waals surface area contributed by atoms with Crippen LogP contribution in [0.4, 0.5) is 4.39 Å². The molecule has 0 saturated heterocycles. The zero-order valence-electron chi connectivity index (χ0n) is 18.6. The molecule has 2 N–H and O–H groups in total. The zero-order chi connectivity index (χ0) is 21.9. The quantitative estimate of drug-likeness (QED) is 0.209. The van der Waals surface area contributed by atoms with Crippen molar-refractivity contribution in [2.75, 3.05) is 19.3 Å². The van der Waals surface area contributed by atoms with Crippen molar-refractivity contribution in [1.82, 2.24) is 20.2 Å². The molecule has 32 heavy (non-hydrogen) atoms. The van der Waals surface area contributed by atoms with Crippen molar-refractivity contribution in [1.29, 1.82) is 0 Å². The molecule has 0 spiro atoms. The molecular formula is C24H31FIN5S. The molecule has 0 aliphatic rings. The fourth-order valence-corrected chi connectivity index (χ4v) is 3.91. The molecule has 0 saturated carbocycles. The number of benzene rings is 2. The summed E-state index contributed by atoms with van der Waals surface area (Å²) in [6.07, 6.45) is 6.67. The van der Waals surface area contributed by atoms with Gasteiger partial charge in [-0.05, 0) is 42.0 Å². The van der Waals surface area contributed by atoms with Gasteiger partial charge in [-0.3, -0.25) is 0 Å². The van der Waals surface area contributed by atoms with Crippen LogP contribution < -0.4 is 10.6 Å². The summed E-state index contributed by atoms with van der Waals surface area (Å²) in [4.78, 5) is 9.21. The number of thioether (sulfide) groups is 1. The van der Waals surface area contributed by atoms with Crippen LogP contribution in [0.25, 0.3) is 0 Å². The first kappa shape index (κ1) is 26.2. The lowest BCUT2D eigenvalue weighted by Gasteiger charge is -2.13. The SMILES string of the molecule is CCNC(=NCc1ccc(F)cc1CSC)NCCc1nccn1Cc1ccccc1.I. The largest absolute Gasteiger partial charge is 0.357 e. The summed E-state index contributed by atoms with van der Waals surface area (Å²) in [6.45, 7) is 4.86. The minimum Gasteiger partial charge on any atom is -0.357 e. The van der Waals surface area contributed by atoms with Crippen LogP contribution >= 0.6 is 35.7 Å². The van der Waals surface area contributed by atoms with E-state index in [0.29, 0.717) is 6.54 Å². The molecule has 0 amide bonds. The lowest BCUT2D eigenvalue weighted by Crippen LogP contribution is -2.38. The van der Waals surface area contributed by atoms with Gasteiger partial charge < -0.3 is 15.2 Å². The van der Waals surface area contributed by atoms with Crippen LogP contribution in [0, 0.1) is 5.82 Å². The van der Waals surface area contributed by atoms with E-state index >= 15 is 0 Å². The van der Waals surface area contributed by atoms with E-state index in [1.54, 1.807) is 17.8 Å². The standard InChI is InChI=1S/C24H30FN5S.HI/c1-3-26-24(29-16-20-9-10-22(25)15-21(20)18-31-2)28-12-11-23-27-13-14-30(23)17-19-7-5-4-6-8-19;/h4-10,13-15H,3,11-12,16-18H2,1-2H3,(H2,26,28,29);1H. The van der Waals surface area contributed by atoms with E-state index in [1.165, 1.54) is 11.6 Å². The Morgan fingerprint density at radius 2 is 1.94 bits per heavy atom. The number of aliphatic imine (C=N–C) groups is 1. The Balaban J connectivity index is 0.00000363. The van der Waals surface area contributed by atoms with Gasteiger partial charge in [0, 0.05) is 44.2 Å². The first-order valence-corrected chi connectivity index (χ1v) is 11.9. The summed E-state index contributed by atoms with van der Waals surface area (Å²) >= 11 is 1.68. The van der Waals surface area contributed by atoms with E-state index in [-0.39, 0.29) is 29.8 Å². The smallest absolute Gasteiger partial charge is 0.191 e. The molecule has 0 fully saturated rings. The van der Waals surface area contributed by atoms with E-state index in [1.807, 2.05) is 37.7 Å². The molecule has 1 heterocycles.